The van der Waals surface area contributed by atoms with Crippen LogP contribution in [0.5, 0.6) is 0 Å². The number of likely N-dealkylation sites (tertiary alicyclic amines) is 1. The Morgan fingerprint density at radius 3 is 2.67 bits per heavy atom. The first-order chi connectivity index (χ1) is 7.24. The number of hydrogen-bond donors (Lipinski definition) is 0. The highest BCUT2D eigenvalue weighted by molar-refractivity contribution is 4.97. The molecule has 1 heterocycles. The van der Waals surface area contributed by atoms with E-state index < -0.39 is 0 Å². The maximum atomic E-state index is 5.42. The van der Waals surface area contributed by atoms with Crippen molar-refractivity contribution in [2.45, 2.75) is 27.2 Å². The Kier molecular flexibility index (Phi) is 5.75. The molecule has 0 N–H and O–H groups in total. The Morgan fingerprint density at radius 2 is 2.07 bits per heavy atom. The van der Waals surface area contributed by atoms with Gasteiger partial charge in [-0.2, -0.15) is 0 Å². The molecule has 1 rings (SSSR count). The van der Waals surface area contributed by atoms with Gasteiger partial charge >= 0.3 is 0 Å². The van der Waals surface area contributed by atoms with Crippen molar-refractivity contribution in [2.75, 3.05) is 32.8 Å². The molecule has 0 amide bonds. The molecule has 0 spiro atoms. The summed E-state index contributed by atoms with van der Waals surface area (Å²) in [6, 6.07) is 0. The van der Waals surface area contributed by atoms with Crippen molar-refractivity contribution >= 4 is 0 Å². The van der Waals surface area contributed by atoms with Gasteiger partial charge in [0.25, 0.3) is 0 Å². The van der Waals surface area contributed by atoms with Crippen LogP contribution in [-0.2, 0) is 4.74 Å². The van der Waals surface area contributed by atoms with Crippen LogP contribution in [0.1, 0.15) is 27.2 Å². The van der Waals surface area contributed by atoms with Gasteiger partial charge in [0.05, 0.1) is 6.61 Å². The summed E-state index contributed by atoms with van der Waals surface area (Å²) >= 11 is 0. The van der Waals surface area contributed by atoms with Crippen LogP contribution in [0.4, 0.5) is 0 Å². The second-order valence-electron chi connectivity index (χ2n) is 4.52. The van der Waals surface area contributed by atoms with Gasteiger partial charge in [-0.1, -0.05) is 26.7 Å². The van der Waals surface area contributed by atoms with Crippen LogP contribution in [0.3, 0.4) is 0 Å². The predicted octanol–water partition coefficient (Wildman–Crippen LogP) is 2.00. The molecule has 86 valence electrons. The van der Waals surface area contributed by atoms with Gasteiger partial charge in [0.15, 0.2) is 0 Å². The highest BCUT2D eigenvalue weighted by Gasteiger charge is 2.28. The Hall–Kier alpha value is -0.520. The average Bonchev–Trinajstić information content (AvgIpc) is 2.12. The zero-order valence-corrected chi connectivity index (χ0v) is 10.3. The van der Waals surface area contributed by atoms with Gasteiger partial charge in [0.1, 0.15) is 6.61 Å². The summed E-state index contributed by atoms with van der Waals surface area (Å²) < 4.78 is 5.42. The Morgan fingerprint density at radius 1 is 1.33 bits per heavy atom. The minimum absolute atomic E-state index is 0.593. The van der Waals surface area contributed by atoms with E-state index in [1.165, 1.54) is 13.1 Å². The zero-order chi connectivity index (χ0) is 11.1. The van der Waals surface area contributed by atoms with Crippen molar-refractivity contribution in [1.29, 1.82) is 0 Å². The fourth-order valence-electron chi connectivity index (χ4n) is 1.71. The zero-order valence-electron chi connectivity index (χ0n) is 10.3. The molecule has 0 aromatic rings. The third kappa shape index (κ3) is 4.68. The number of hydrogen-bond acceptors (Lipinski definition) is 2. The van der Waals surface area contributed by atoms with E-state index in [2.05, 4.69) is 37.5 Å². The molecule has 0 aromatic carbocycles. The first-order valence-corrected chi connectivity index (χ1v) is 5.99. The fraction of sp³-hybridized carbons (Fsp3) is 0.846. The van der Waals surface area contributed by atoms with Gasteiger partial charge in [-0.3, -0.25) is 0 Å². The summed E-state index contributed by atoms with van der Waals surface area (Å²) in [7, 11) is 0. The molecule has 1 saturated heterocycles. The fourth-order valence-corrected chi connectivity index (χ4v) is 1.71. The van der Waals surface area contributed by atoms with E-state index in [-0.39, 0.29) is 0 Å². The van der Waals surface area contributed by atoms with E-state index in [1.54, 1.807) is 0 Å². The topological polar surface area (TPSA) is 12.5 Å². The maximum absolute atomic E-state index is 5.42. The Labute approximate surface area is 94.0 Å². The van der Waals surface area contributed by atoms with Gasteiger partial charge in [-0.15, -0.1) is 5.92 Å². The second-order valence-corrected chi connectivity index (χ2v) is 4.52. The van der Waals surface area contributed by atoms with E-state index in [0.29, 0.717) is 6.61 Å². The number of ether oxygens (including phenoxy) is 1. The van der Waals surface area contributed by atoms with Gasteiger partial charge in [0, 0.05) is 26.1 Å². The van der Waals surface area contributed by atoms with Gasteiger partial charge < -0.3 is 9.64 Å². The van der Waals surface area contributed by atoms with Crippen LogP contribution in [0.2, 0.25) is 0 Å². The first-order valence-electron chi connectivity index (χ1n) is 5.99. The Balaban J connectivity index is 1.90. The summed E-state index contributed by atoms with van der Waals surface area (Å²) in [6.45, 7) is 11.6. The van der Waals surface area contributed by atoms with Crippen molar-refractivity contribution in [3.8, 4) is 11.8 Å². The molecule has 15 heavy (non-hydrogen) atoms. The van der Waals surface area contributed by atoms with Crippen molar-refractivity contribution in [1.82, 2.24) is 4.90 Å². The summed E-state index contributed by atoms with van der Waals surface area (Å²) in [6.07, 6.45) is 0.922. The van der Waals surface area contributed by atoms with Crippen LogP contribution < -0.4 is 0 Å². The quantitative estimate of drug-likeness (QED) is 0.507. The van der Waals surface area contributed by atoms with Crippen molar-refractivity contribution < 1.29 is 4.74 Å². The van der Waals surface area contributed by atoms with Crippen molar-refractivity contribution in [3.63, 3.8) is 0 Å². The van der Waals surface area contributed by atoms with E-state index in [4.69, 9.17) is 4.74 Å². The van der Waals surface area contributed by atoms with Crippen LogP contribution in [0.15, 0.2) is 0 Å². The highest BCUT2D eigenvalue weighted by atomic mass is 16.5. The van der Waals surface area contributed by atoms with Crippen LogP contribution in [-0.4, -0.2) is 37.7 Å². The van der Waals surface area contributed by atoms with Crippen LogP contribution >= 0.6 is 0 Å². The summed E-state index contributed by atoms with van der Waals surface area (Å²) in [5.74, 6) is 7.72. The molecule has 0 atom stereocenters. The van der Waals surface area contributed by atoms with Gasteiger partial charge in [-0.25, -0.2) is 0 Å². The first kappa shape index (κ1) is 12.5. The van der Waals surface area contributed by atoms with E-state index in [1.807, 2.05) is 0 Å². The van der Waals surface area contributed by atoms with Crippen LogP contribution in [0, 0.1) is 23.7 Å². The molecule has 2 nitrogen and oxygen atoms in total. The molecule has 1 aliphatic rings. The standard InChI is InChI=1S/C13H23NO/c1-4-5-6-8-15-9-7-14-10-13(11-14)12(2)3/h12-13H,4,7-11H2,1-3H3. The largest absolute Gasteiger partial charge is 0.367 e. The van der Waals surface area contributed by atoms with E-state index in [0.717, 1.165) is 31.4 Å². The van der Waals surface area contributed by atoms with E-state index >= 15 is 0 Å². The number of nitrogens with zero attached hydrogens (tertiary/aromatic N) is 1. The summed E-state index contributed by atoms with van der Waals surface area (Å²) in [5, 5.41) is 0. The lowest BCUT2D eigenvalue weighted by molar-refractivity contribution is 0.0375. The third-order valence-electron chi connectivity index (χ3n) is 2.96. The molecule has 0 bridgehead atoms. The molecule has 2 heteroatoms. The second kappa shape index (κ2) is 6.87. The minimum atomic E-state index is 0.593. The normalized spacial score (nSPS) is 17.3. The molecule has 0 aromatic heterocycles. The molecule has 0 saturated carbocycles. The Bertz CT molecular complexity index is 220. The number of rotatable bonds is 5. The smallest absolute Gasteiger partial charge is 0.107 e. The summed E-state index contributed by atoms with van der Waals surface area (Å²) in [4.78, 5) is 2.46. The molecular formula is C13H23NO. The van der Waals surface area contributed by atoms with Crippen molar-refractivity contribution in [2.24, 2.45) is 11.8 Å². The molecule has 0 radical (unpaired) electrons. The third-order valence-corrected chi connectivity index (χ3v) is 2.96. The SMILES string of the molecule is CCC#CCOCCN1CC(C(C)C)C1. The highest BCUT2D eigenvalue weighted by Crippen LogP contribution is 2.22. The molecule has 1 fully saturated rings. The summed E-state index contributed by atoms with van der Waals surface area (Å²) in [5.41, 5.74) is 0. The molecule has 1 aliphatic heterocycles. The lowest BCUT2D eigenvalue weighted by atomic mass is 9.88. The maximum Gasteiger partial charge on any atom is 0.107 e. The van der Waals surface area contributed by atoms with Crippen molar-refractivity contribution in [3.05, 3.63) is 0 Å². The average molecular weight is 209 g/mol. The molecule has 0 unspecified atom stereocenters. The van der Waals surface area contributed by atoms with Gasteiger partial charge in [0.2, 0.25) is 0 Å². The molecule has 0 aliphatic carbocycles. The lowest BCUT2D eigenvalue weighted by Gasteiger charge is -2.41. The van der Waals surface area contributed by atoms with E-state index in [9.17, 15) is 0 Å². The minimum Gasteiger partial charge on any atom is -0.367 e. The predicted molar refractivity (Wildman–Crippen MR) is 63.7 cm³/mol. The lowest BCUT2D eigenvalue weighted by Crippen LogP contribution is -2.49. The van der Waals surface area contributed by atoms with Crippen LogP contribution in [0.25, 0.3) is 0 Å². The van der Waals surface area contributed by atoms with Gasteiger partial charge in [-0.05, 0) is 11.8 Å². The monoisotopic (exact) mass is 209 g/mol. The molecular weight excluding hydrogens is 186 g/mol.